The molecule has 0 saturated carbocycles. The number of carbonyl (C=O) groups excluding carboxylic acids is 1. The molecule has 5 heteroatoms. The molecular formula is C13H16FN3O. The Kier molecular flexibility index (Phi) is 4.67. The third-order valence-corrected chi connectivity index (χ3v) is 2.70. The number of hydrogen-bond acceptors (Lipinski definition) is 3. The Balaban J connectivity index is 2.85. The highest BCUT2D eigenvalue weighted by atomic mass is 19.1. The van der Waals surface area contributed by atoms with Crippen LogP contribution in [-0.4, -0.2) is 30.4 Å². The number of rotatable bonds is 4. The molecule has 0 bridgehead atoms. The van der Waals surface area contributed by atoms with E-state index in [9.17, 15) is 9.18 Å². The van der Waals surface area contributed by atoms with Crippen molar-refractivity contribution in [3.63, 3.8) is 0 Å². The predicted molar refractivity (Wildman–Crippen MR) is 67.5 cm³/mol. The molecular weight excluding hydrogens is 233 g/mol. The van der Waals surface area contributed by atoms with Gasteiger partial charge in [0.25, 0.3) is 0 Å². The van der Waals surface area contributed by atoms with Gasteiger partial charge in [0.15, 0.2) is 0 Å². The second kappa shape index (κ2) is 6.01. The van der Waals surface area contributed by atoms with Gasteiger partial charge < -0.3 is 10.2 Å². The Morgan fingerprint density at radius 2 is 2.28 bits per heavy atom. The van der Waals surface area contributed by atoms with Crippen molar-refractivity contribution in [3.05, 3.63) is 29.6 Å². The number of carbonyl (C=O) groups is 1. The van der Waals surface area contributed by atoms with Gasteiger partial charge in [-0.3, -0.25) is 4.79 Å². The van der Waals surface area contributed by atoms with Crippen molar-refractivity contribution < 1.29 is 9.18 Å². The predicted octanol–water partition coefficient (Wildman–Crippen LogP) is 1.98. The van der Waals surface area contributed by atoms with Crippen LogP contribution in [0.4, 0.5) is 10.1 Å². The molecule has 0 aliphatic heterocycles. The highest BCUT2D eigenvalue weighted by Gasteiger charge is 2.17. The van der Waals surface area contributed by atoms with E-state index in [2.05, 4.69) is 5.32 Å². The first-order valence-corrected chi connectivity index (χ1v) is 5.70. The molecule has 0 aliphatic rings. The van der Waals surface area contributed by atoms with Gasteiger partial charge in [-0.1, -0.05) is 0 Å². The van der Waals surface area contributed by atoms with Crippen molar-refractivity contribution in [1.29, 1.82) is 5.26 Å². The number of halogens is 1. The van der Waals surface area contributed by atoms with Gasteiger partial charge in [0.2, 0.25) is 5.91 Å². The molecule has 1 N–H and O–H groups in total. The lowest BCUT2D eigenvalue weighted by atomic mass is 10.1. The minimum atomic E-state index is -0.471. The molecule has 0 spiro atoms. The average Bonchev–Trinajstić information content (AvgIpc) is 2.38. The first-order valence-electron chi connectivity index (χ1n) is 5.70. The number of benzene rings is 1. The lowest BCUT2D eigenvalue weighted by Crippen LogP contribution is -2.38. The fourth-order valence-electron chi connectivity index (χ4n) is 1.52. The smallest absolute Gasteiger partial charge is 0.244 e. The van der Waals surface area contributed by atoms with Crippen molar-refractivity contribution in [1.82, 2.24) is 4.90 Å². The molecule has 1 unspecified atom stereocenters. The van der Waals surface area contributed by atoms with Crippen LogP contribution in [0.15, 0.2) is 18.2 Å². The van der Waals surface area contributed by atoms with E-state index < -0.39 is 11.9 Å². The molecule has 18 heavy (non-hydrogen) atoms. The summed E-state index contributed by atoms with van der Waals surface area (Å²) in [5, 5.41) is 11.8. The molecule has 0 heterocycles. The van der Waals surface area contributed by atoms with Crippen LogP contribution in [0.3, 0.4) is 0 Å². The van der Waals surface area contributed by atoms with E-state index in [1.54, 1.807) is 18.9 Å². The summed E-state index contributed by atoms with van der Waals surface area (Å²) < 4.78 is 13.0. The topological polar surface area (TPSA) is 56.1 Å². The van der Waals surface area contributed by atoms with Crippen molar-refractivity contribution in [2.75, 3.05) is 18.9 Å². The summed E-state index contributed by atoms with van der Waals surface area (Å²) >= 11 is 0. The molecule has 1 amide bonds. The zero-order chi connectivity index (χ0) is 13.7. The summed E-state index contributed by atoms with van der Waals surface area (Å²) in [5.74, 6) is -0.549. The van der Waals surface area contributed by atoms with E-state index in [1.807, 2.05) is 13.0 Å². The Hall–Kier alpha value is -2.09. The number of hydrogen-bond donors (Lipinski definition) is 1. The van der Waals surface area contributed by atoms with Gasteiger partial charge in [-0.2, -0.15) is 5.26 Å². The first-order chi connectivity index (χ1) is 8.49. The van der Waals surface area contributed by atoms with E-state index in [0.29, 0.717) is 12.2 Å². The van der Waals surface area contributed by atoms with Gasteiger partial charge >= 0.3 is 0 Å². The second-order valence-electron chi connectivity index (χ2n) is 4.02. The monoisotopic (exact) mass is 249 g/mol. The van der Waals surface area contributed by atoms with Gasteiger partial charge in [0.1, 0.15) is 17.9 Å². The number of nitrogens with zero attached hydrogens (tertiary/aromatic N) is 2. The van der Waals surface area contributed by atoms with Crippen molar-refractivity contribution in [2.45, 2.75) is 19.9 Å². The Morgan fingerprint density at radius 3 is 2.83 bits per heavy atom. The Bertz CT molecular complexity index is 482. The molecule has 1 aromatic rings. The lowest BCUT2D eigenvalue weighted by molar-refractivity contribution is -0.130. The Labute approximate surface area is 106 Å². The molecule has 0 fully saturated rings. The molecule has 0 aliphatic carbocycles. The first kappa shape index (κ1) is 14.0. The molecule has 1 aromatic carbocycles. The quantitative estimate of drug-likeness (QED) is 0.887. The van der Waals surface area contributed by atoms with Crippen LogP contribution in [-0.2, 0) is 4.79 Å². The van der Waals surface area contributed by atoms with Crippen LogP contribution in [0.25, 0.3) is 0 Å². The highest BCUT2D eigenvalue weighted by Crippen LogP contribution is 2.17. The van der Waals surface area contributed by atoms with E-state index in [1.165, 1.54) is 12.1 Å². The van der Waals surface area contributed by atoms with Crippen LogP contribution < -0.4 is 5.32 Å². The molecule has 1 rings (SSSR count). The summed E-state index contributed by atoms with van der Waals surface area (Å²) in [7, 11) is 1.70. The summed E-state index contributed by atoms with van der Waals surface area (Å²) in [6.07, 6.45) is 0. The lowest BCUT2D eigenvalue weighted by Gasteiger charge is -2.21. The van der Waals surface area contributed by atoms with Crippen molar-refractivity contribution in [2.24, 2.45) is 0 Å². The largest absolute Gasteiger partial charge is 0.373 e. The van der Waals surface area contributed by atoms with Gasteiger partial charge in [-0.25, -0.2) is 4.39 Å². The second-order valence-corrected chi connectivity index (χ2v) is 4.02. The fourth-order valence-corrected chi connectivity index (χ4v) is 1.52. The van der Waals surface area contributed by atoms with Crippen LogP contribution in [0.1, 0.15) is 19.4 Å². The number of nitriles is 1. The summed E-state index contributed by atoms with van der Waals surface area (Å²) in [5.41, 5.74) is 0.651. The molecule has 0 radical (unpaired) electrons. The highest BCUT2D eigenvalue weighted by molar-refractivity contribution is 5.84. The number of anilines is 1. The van der Waals surface area contributed by atoms with Gasteiger partial charge in [0, 0.05) is 13.6 Å². The fraction of sp³-hybridized carbons (Fsp3) is 0.385. The van der Waals surface area contributed by atoms with Crippen LogP contribution in [0.5, 0.6) is 0 Å². The SMILES string of the molecule is CCN(C)C(=O)C(C)Nc1ccc(F)cc1C#N. The van der Waals surface area contributed by atoms with Crippen LogP contribution >= 0.6 is 0 Å². The number of amides is 1. The minimum absolute atomic E-state index is 0.0780. The number of likely N-dealkylation sites (N-methyl/N-ethyl adjacent to an activating group) is 1. The molecule has 1 atom stereocenters. The third-order valence-electron chi connectivity index (χ3n) is 2.70. The third kappa shape index (κ3) is 3.20. The van der Waals surface area contributed by atoms with Crippen molar-refractivity contribution >= 4 is 11.6 Å². The molecule has 96 valence electrons. The van der Waals surface area contributed by atoms with Crippen LogP contribution in [0.2, 0.25) is 0 Å². The zero-order valence-electron chi connectivity index (χ0n) is 10.7. The maximum atomic E-state index is 13.0. The maximum absolute atomic E-state index is 13.0. The summed E-state index contributed by atoms with van der Waals surface area (Å²) in [6, 6.07) is 5.29. The van der Waals surface area contributed by atoms with E-state index in [0.717, 1.165) is 6.07 Å². The molecule has 0 aromatic heterocycles. The van der Waals surface area contributed by atoms with Gasteiger partial charge in [0.05, 0.1) is 11.3 Å². The van der Waals surface area contributed by atoms with E-state index in [-0.39, 0.29) is 11.5 Å². The standard InChI is InChI=1S/C13H16FN3O/c1-4-17(3)13(18)9(2)16-12-6-5-11(14)7-10(12)8-15/h5-7,9,16H,4H2,1-3H3. The van der Waals surface area contributed by atoms with Crippen molar-refractivity contribution in [3.8, 4) is 6.07 Å². The van der Waals surface area contributed by atoms with E-state index in [4.69, 9.17) is 5.26 Å². The summed E-state index contributed by atoms with van der Waals surface area (Å²) in [6.45, 7) is 4.20. The normalized spacial score (nSPS) is 11.5. The average molecular weight is 249 g/mol. The number of nitrogens with one attached hydrogen (secondary N) is 1. The molecule has 4 nitrogen and oxygen atoms in total. The zero-order valence-corrected chi connectivity index (χ0v) is 10.7. The van der Waals surface area contributed by atoms with E-state index >= 15 is 0 Å². The van der Waals surface area contributed by atoms with Crippen LogP contribution in [0, 0.1) is 17.1 Å². The van der Waals surface area contributed by atoms with Gasteiger partial charge in [-0.05, 0) is 32.0 Å². The summed E-state index contributed by atoms with van der Waals surface area (Å²) in [4.78, 5) is 13.4. The minimum Gasteiger partial charge on any atom is -0.373 e. The molecule has 0 saturated heterocycles. The Morgan fingerprint density at radius 1 is 1.61 bits per heavy atom. The van der Waals surface area contributed by atoms with Gasteiger partial charge in [-0.15, -0.1) is 0 Å². The maximum Gasteiger partial charge on any atom is 0.244 e.